The lowest BCUT2D eigenvalue weighted by Crippen LogP contribution is -2.28. The summed E-state index contributed by atoms with van der Waals surface area (Å²) in [7, 11) is 0. The number of hydrogen-bond donors (Lipinski definition) is 2. The van der Waals surface area contributed by atoms with Gasteiger partial charge in [0.15, 0.2) is 0 Å². The molecule has 0 aliphatic heterocycles. The normalized spacial score (nSPS) is 12.9. The molecule has 2 aromatic carbocycles. The van der Waals surface area contributed by atoms with Gasteiger partial charge in [-0.1, -0.05) is 43.3 Å². The van der Waals surface area contributed by atoms with Crippen LogP contribution in [0.2, 0.25) is 0 Å². The van der Waals surface area contributed by atoms with E-state index in [1.807, 2.05) is 37.3 Å². The second-order valence-corrected chi connectivity index (χ2v) is 6.02. The Bertz CT molecular complexity index is 903. The number of aromatic nitrogens is 2. The van der Waals surface area contributed by atoms with Gasteiger partial charge in [0.2, 0.25) is 11.7 Å². The van der Waals surface area contributed by atoms with Crippen LogP contribution in [0.25, 0.3) is 11.0 Å². The third-order valence-corrected chi connectivity index (χ3v) is 4.02. The van der Waals surface area contributed by atoms with E-state index in [9.17, 15) is 18.0 Å². The number of benzene rings is 2. The zero-order valence-electron chi connectivity index (χ0n) is 14.1. The number of imidazole rings is 1. The Kier molecular flexibility index (Phi) is 4.97. The van der Waals surface area contributed by atoms with Crippen molar-refractivity contribution < 1.29 is 18.0 Å². The van der Waals surface area contributed by atoms with Gasteiger partial charge in [-0.05, 0) is 29.7 Å². The molecule has 0 spiro atoms. The van der Waals surface area contributed by atoms with Gasteiger partial charge in [-0.2, -0.15) is 13.2 Å². The van der Waals surface area contributed by atoms with E-state index in [2.05, 4.69) is 15.3 Å². The van der Waals surface area contributed by atoms with Crippen molar-refractivity contribution in [1.29, 1.82) is 0 Å². The molecule has 1 unspecified atom stereocenters. The van der Waals surface area contributed by atoms with Gasteiger partial charge in [0.1, 0.15) is 0 Å². The molecular weight excluding hydrogens is 343 g/mol. The van der Waals surface area contributed by atoms with E-state index in [4.69, 9.17) is 0 Å². The minimum atomic E-state index is -4.53. The van der Waals surface area contributed by atoms with Gasteiger partial charge in [-0.3, -0.25) is 4.79 Å². The number of amides is 1. The van der Waals surface area contributed by atoms with Crippen molar-refractivity contribution in [3.05, 3.63) is 65.5 Å². The third kappa shape index (κ3) is 3.87. The predicted molar refractivity (Wildman–Crippen MR) is 92.4 cm³/mol. The molecule has 7 heteroatoms. The van der Waals surface area contributed by atoms with E-state index in [1.165, 1.54) is 6.07 Å². The monoisotopic (exact) mass is 361 g/mol. The first kappa shape index (κ1) is 18.0. The predicted octanol–water partition coefficient (Wildman–Crippen LogP) is 4.59. The standard InChI is InChI=1S/C19H18F3N3O/c1-2-6-16(26)25-17(12-7-4-3-5-8-12)13-9-10-14-15(11-13)24-18(23-14)19(20,21)22/h3-5,7-11,17H,2,6H2,1H3,(H,23,24)(H,25,26). The second kappa shape index (κ2) is 7.19. The number of nitrogens with one attached hydrogen (secondary N) is 2. The van der Waals surface area contributed by atoms with Gasteiger partial charge in [0.05, 0.1) is 17.1 Å². The molecule has 0 aliphatic carbocycles. The summed E-state index contributed by atoms with van der Waals surface area (Å²) in [5.41, 5.74) is 2.05. The Hall–Kier alpha value is -2.83. The van der Waals surface area contributed by atoms with Gasteiger partial charge in [0.25, 0.3) is 0 Å². The molecule has 1 aromatic heterocycles. The molecule has 4 nitrogen and oxygen atoms in total. The molecule has 0 saturated carbocycles. The van der Waals surface area contributed by atoms with Gasteiger partial charge in [0, 0.05) is 6.42 Å². The maximum absolute atomic E-state index is 12.9. The second-order valence-electron chi connectivity index (χ2n) is 6.02. The largest absolute Gasteiger partial charge is 0.449 e. The maximum Gasteiger partial charge on any atom is 0.449 e. The summed E-state index contributed by atoms with van der Waals surface area (Å²) in [6.07, 6.45) is -3.44. The van der Waals surface area contributed by atoms with E-state index in [-0.39, 0.29) is 16.9 Å². The van der Waals surface area contributed by atoms with Crippen molar-refractivity contribution in [2.24, 2.45) is 0 Å². The van der Waals surface area contributed by atoms with Gasteiger partial charge >= 0.3 is 6.18 Å². The van der Waals surface area contributed by atoms with Crippen LogP contribution in [0.3, 0.4) is 0 Å². The molecule has 3 aromatic rings. The third-order valence-electron chi connectivity index (χ3n) is 4.02. The highest BCUT2D eigenvalue weighted by molar-refractivity contribution is 5.79. The maximum atomic E-state index is 12.9. The highest BCUT2D eigenvalue weighted by atomic mass is 19.4. The van der Waals surface area contributed by atoms with E-state index in [1.54, 1.807) is 12.1 Å². The van der Waals surface area contributed by atoms with E-state index in [0.717, 1.165) is 5.56 Å². The zero-order valence-corrected chi connectivity index (χ0v) is 14.1. The van der Waals surface area contributed by atoms with Crippen molar-refractivity contribution in [2.75, 3.05) is 0 Å². The molecule has 2 N–H and O–H groups in total. The quantitative estimate of drug-likeness (QED) is 0.698. The fourth-order valence-corrected chi connectivity index (χ4v) is 2.81. The average Bonchev–Trinajstić information content (AvgIpc) is 3.04. The van der Waals surface area contributed by atoms with Crippen LogP contribution in [0.4, 0.5) is 13.2 Å². The molecule has 26 heavy (non-hydrogen) atoms. The topological polar surface area (TPSA) is 57.8 Å². The lowest BCUT2D eigenvalue weighted by atomic mass is 9.98. The summed E-state index contributed by atoms with van der Waals surface area (Å²) in [6.45, 7) is 1.91. The van der Waals surface area contributed by atoms with Crippen molar-refractivity contribution >= 4 is 16.9 Å². The first-order valence-electron chi connectivity index (χ1n) is 8.29. The number of nitrogens with zero attached hydrogens (tertiary/aromatic N) is 1. The number of hydrogen-bond acceptors (Lipinski definition) is 2. The number of fused-ring (bicyclic) bond motifs is 1. The van der Waals surface area contributed by atoms with Gasteiger partial charge < -0.3 is 10.3 Å². The molecule has 0 aliphatic rings. The highest BCUT2D eigenvalue weighted by Crippen LogP contribution is 2.30. The molecular formula is C19H18F3N3O. The summed E-state index contributed by atoms with van der Waals surface area (Å²) in [5.74, 6) is -1.14. The number of rotatable bonds is 5. The number of aromatic amines is 1. The van der Waals surface area contributed by atoms with E-state index >= 15 is 0 Å². The molecule has 0 radical (unpaired) electrons. The molecule has 0 bridgehead atoms. The van der Waals surface area contributed by atoms with Crippen LogP contribution in [-0.2, 0) is 11.0 Å². The summed E-state index contributed by atoms with van der Waals surface area (Å²) in [5, 5.41) is 2.96. The Balaban J connectivity index is 2.01. The molecule has 1 amide bonds. The Morgan fingerprint density at radius 1 is 1.15 bits per heavy atom. The van der Waals surface area contributed by atoms with Crippen LogP contribution in [-0.4, -0.2) is 15.9 Å². The number of H-pyrrole nitrogens is 1. The molecule has 0 saturated heterocycles. The first-order chi connectivity index (χ1) is 12.4. The highest BCUT2D eigenvalue weighted by Gasteiger charge is 2.34. The lowest BCUT2D eigenvalue weighted by Gasteiger charge is -2.20. The van der Waals surface area contributed by atoms with Gasteiger partial charge in [-0.25, -0.2) is 4.98 Å². The minimum absolute atomic E-state index is 0.109. The van der Waals surface area contributed by atoms with Crippen molar-refractivity contribution in [2.45, 2.75) is 32.0 Å². The molecule has 3 rings (SSSR count). The average molecular weight is 361 g/mol. The Labute approximate surface area is 148 Å². The van der Waals surface area contributed by atoms with Crippen molar-refractivity contribution in [1.82, 2.24) is 15.3 Å². The fraction of sp³-hybridized carbons (Fsp3) is 0.263. The van der Waals surface area contributed by atoms with Crippen molar-refractivity contribution in [3.63, 3.8) is 0 Å². The lowest BCUT2D eigenvalue weighted by molar-refractivity contribution is -0.144. The fourth-order valence-electron chi connectivity index (χ4n) is 2.81. The molecule has 1 atom stereocenters. The van der Waals surface area contributed by atoms with Crippen LogP contribution < -0.4 is 5.32 Å². The molecule has 136 valence electrons. The van der Waals surface area contributed by atoms with Crippen LogP contribution in [0.1, 0.15) is 42.8 Å². The smallest absolute Gasteiger partial charge is 0.345 e. The summed E-state index contributed by atoms with van der Waals surface area (Å²) in [6, 6.07) is 13.7. The summed E-state index contributed by atoms with van der Waals surface area (Å²) in [4.78, 5) is 18.0. The first-order valence-corrected chi connectivity index (χ1v) is 8.29. The van der Waals surface area contributed by atoms with Crippen LogP contribution in [0, 0.1) is 0 Å². The van der Waals surface area contributed by atoms with E-state index < -0.39 is 18.0 Å². The Morgan fingerprint density at radius 3 is 2.54 bits per heavy atom. The van der Waals surface area contributed by atoms with Gasteiger partial charge in [-0.15, -0.1) is 0 Å². The number of alkyl halides is 3. The molecule has 1 heterocycles. The van der Waals surface area contributed by atoms with Crippen molar-refractivity contribution in [3.8, 4) is 0 Å². The van der Waals surface area contributed by atoms with Crippen LogP contribution >= 0.6 is 0 Å². The Morgan fingerprint density at radius 2 is 1.88 bits per heavy atom. The number of halogens is 3. The number of carbonyl (C=O) groups is 1. The summed E-state index contributed by atoms with van der Waals surface area (Å²) >= 11 is 0. The van der Waals surface area contributed by atoms with Crippen LogP contribution in [0.5, 0.6) is 0 Å². The summed E-state index contributed by atoms with van der Waals surface area (Å²) < 4.78 is 38.6. The van der Waals surface area contributed by atoms with E-state index in [0.29, 0.717) is 18.4 Å². The SMILES string of the molecule is CCCC(=O)NC(c1ccccc1)c1ccc2nc(C(F)(F)F)[nH]c2c1. The minimum Gasteiger partial charge on any atom is -0.345 e. The zero-order chi connectivity index (χ0) is 18.7. The number of carbonyl (C=O) groups excluding carboxylic acids is 1. The van der Waals surface area contributed by atoms with Crippen LogP contribution in [0.15, 0.2) is 48.5 Å². The molecule has 0 fully saturated rings.